The highest BCUT2D eigenvalue weighted by molar-refractivity contribution is 5.36. The second kappa shape index (κ2) is 4.97. The molecule has 2 rings (SSSR count). The molecule has 2 aromatic rings. The fourth-order valence-corrected chi connectivity index (χ4v) is 1.66. The maximum atomic E-state index is 13.9. The van der Waals surface area contributed by atoms with Gasteiger partial charge in [-0.05, 0) is 13.8 Å². The quantitative estimate of drug-likeness (QED) is 0.678. The molecule has 0 unspecified atom stereocenters. The fourth-order valence-electron chi connectivity index (χ4n) is 1.66. The van der Waals surface area contributed by atoms with E-state index in [4.69, 9.17) is 0 Å². The number of nitro groups is 1. The highest BCUT2D eigenvalue weighted by Gasteiger charge is 2.21. The summed E-state index contributed by atoms with van der Waals surface area (Å²) in [7, 11) is 0. The van der Waals surface area contributed by atoms with Gasteiger partial charge in [0.15, 0.2) is 0 Å². The van der Waals surface area contributed by atoms with E-state index in [0.29, 0.717) is 5.69 Å². The van der Waals surface area contributed by atoms with E-state index in [1.165, 1.54) is 23.0 Å². The third kappa shape index (κ3) is 2.80. The molecule has 0 fully saturated rings. The van der Waals surface area contributed by atoms with Gasteiger partial charge in [0.1, 0.15) is 11.3 Å². The van der Waals surface area contributed by atoms with Gasteiger partial charge in [-0.3, -0.25) is 10.1 Å². The first-order valence-electron chi connectivity index (χ1n) is 5.84. The van der Waals surface area contributed by atoms with Gasteiger partial charge in [0.05, 0.1) is 17.7 Å². The summed E-state index contributed by atoms with van der Waals surface area (Å²) in [5.74, 6) is -0.891. The zero-order chi connectivity index (χ0) is 14.9. The topological polar surface area (TPSA) is 94.1 Å². The van der Waals surface area contributed by atoms with Crippen LogP contribution in [0.25, 0.3) is 0 Å². The highest BCUT2D eigenvalue weighted by Crippen LogP contribution is 2.21. The van der Waals surface area contributed by atoms with Crippen LogP contribution in [0, 0.1) is 15.9 Å². The van der Waals surface area contributed by atoms with E-state index in [1.807, 2.05) is 0 Å². The number of aromatic nitrogens is 3. The summed E-state index contributed by atoms with van der Waals surface area (Å²) in [5.41, 5.74) is -1.26. The molecule has 0 aliphatic heterocycles. The Morgan fingerprint density at radius 1 is 1.50 bits per heavy atom. The van der Waals surface area contributed by atoms with Crippen LogP contribution in [0.2, 0.25) is 0 Å². The third-order valence-corrected chi connectivity index (χ3v) is 2.75. The van der Waals surface area contributed by atoms with Crippen LogP contribution < -0.4 is 0 Å². The monoisotopic (exact) mass is 280 g/mol. The number of hydrogen-bond acceptors (Lipinski definition) is 5. The summed E-state index contributed by atoms with van der Waals surface area (Å²) in [6, 6.07) is 3.95. The summed E-state index contributed by atoms with van der Waals surface area (Å²) in [6.07, 6.45) is 1.47. The van der Waals surface area contributed by atoms with Gasteiger partial charge in [-0.1, -0.05) is 17.3 Å². The molecular weight excluding hydrogens is 267 g/mol. The first kappa shape index (κ1) is 14.1. The van der Waals surface area contributed by atoms with Crippen LogP contribution in [-0.2, 0) is 12.1 Å². The molecule has 1 N–H and O–H groups in total. The number of nitrogens with zero attached hydrogens (tertiary/aromatic N) is 4. The molecule has 0 atom stereocenters. The Bertz CT molecular complexity index is 648. The van der Waals surface area contributed by atoms with Gasteiger partial charge in [0.25, 0.3) is 0 Å². The van der Waals surface area contributed by atoms with Crippen molar-refractivity contribution in [2.45, 2.75) is 26.0 Å². The van der Waals surface area contributed by atoms with Crippen molar-refractivity contribution in [3.63, 3.8) is 0 Å². The zero-order valence-electron chi connectivity index (χ0n) is 10.9. The van der Waals surface area contributed by atoms with Gasteiger partial charge < -0.3 is 5.11 Å². The van der Waals surface area contributed by atoms with E-state index in [1.54, 1.807) is 13.8 Å². The van der Waals surface area contributed by atoms with Crippen LogP contribution in [0.1, 0.15) is 25.1 Å². The van der Waals surface area contributed by atoms with Gasteiger partial charge in [0, 0.05) is 11.6 Å². The van der Waals surface area contributed by atoms with Crippen molar-refractivity contribution in [2.24, 2.45) is 0 Å². The predicted octanol–water partition coefficient (Wildman–Crippen LogP) is 1.60. The van der Waals surface area contributed by atoms with Crippen molar-refractivity contribution in [3.8, 4) is 0 Å². The maximum absolute atomic E-state index is 13.9. The van der Waals surface area contributed by atoms with E-state index < -0.39 is 22.0 Å². The van der Waals surface area contributed by atoms with Crippen molar-refractivity contribution >= 4 is 5.69 Å². The van der Waals surface area contributed by atoms with Crippen LogP contribution in [0.3, 0.4) is 0 Å². The molecule has 1 aromatic carbocycles. The van der Waals surface area contributed by atoms with Gasteiger partial charge in [-0.15, -0.1) is 5.10 Å². The minimum absolute atomic E-state index is 0.00338. The maximum Gasteiger partial charge on any atom is 0.305 e. The van der Waals surface area contributed by atoms with E-state index in [0.717, 1.165) is 6.07 Å². The summed E-state index contributed by atoms with van der Waals surface area (Å²) in [4.78, 5) is 9.88. The number of halogens is 1. The molecule has 0 saturated carbocycles. The molecule has 106 valence electrons. The van der Waals surface area contributed by atoms with E-state index in [2.05, 4.69) is 10.3 Å². The second-order valence-corrected chi connectivity index (χ2v) is 4.87. The Kier molecular flexibility index (Phi) is 3.49. The van der Waals surface area contributed by atoms with E-state index in [-0.39, 0.29) is 12.1 Å². The average Bonchev–Trinajstić information content (AvgIpc) is 2.80. The third-order valence-electron chi connectivity index (χ3n) is 2.75. The molecule has 1 heterocycles. The molecule has 1 aromatic heterocycles. The lowest BCUT2D eigenvalue weighted by Crippen LogP contribution is -2.15. The molecule has 0 spiro atoms. The average molecular weight is 280 g/mol. The van der Waals surface area contributed by atoms with Crippen LogP contribution in [0.15, 0.2) is 24.4 Å². The lowest BCUT2D eigenvalue weighted by Gasteiger charge is -2.11. The Hall–Kier alpha value is -2.35. The first-order valence-corrected chi connectivity index (χ1v) is 5.84. The molecular formula is C12H13FN4O3. The van der Waals surface area contributed by atoms with Gasteiger partial charge >= 0.3 is 5.69 Å². The molecule has 0 radical (unpaired) electrons. The second-order valence-electron chi connectivity index (χ2n) is 4.87. The summed E-state index contributed by atoms with van der Waals surface area (Å²) in [5, 5.41) is 28.0. The molecule has 20 heavy (non-hydrogen) atoms. The molecule has 8 heteroatoms. The summed E-state index contributed by atoms with van der Waals surface area (Å²) in [6.45, 7) is 3.10. The number of nitro benzene ring substituents is 1. The van der Waals surface area contributed by atoms with Crippen molar-refractivity contribution in [1.82, 2.24) is 15.0 Å². The highest BCUT2D eigenvalue weighted by atomic mass is 19.1. The number of benzene rings is 1. The first-order chi connectivity index (χ1) is 9.29. The predicted molar refractivity (Wildman–Crippen MR) is 67.4 cm³/mol. The van der Waals surface area contributed by atoms with Crippen LogP contribution in [0.5, 0.6) is 0 Å². The molecule has 0 aliphatic carbocycles. The molecule has 0 saturated heterocycles. The Balaban J connectivity index is 2.29. The minimum Gasteiger partial charge on any atom is -0.384 e. The summed E-state index contributed by atoms with van der Waals surface area (Å²) >= 11 is 0. The molecule has 0 amide bonds. The molecule has 0 bridgehead atoms. The lowest BCUT2D eigenvalue weighted by atomic mass is 10.1. The van der Waals surface area contributed by atoms with Crippen LogP contribution >= 0.6 is 0 Å². The van der Waals surface area contributed by atoms with Crippen molar-refractivity contribution < 1.29 is 14.4 Å². The molecule has 7 nitrogen and oxygen atoms in total. The van der Waals surface area contributed by atoms with Crippen LogP contribution in [0.4, 0.5) is 10.1 Å². The minimum atomic E-state index is -1.15. The van der Waals surface area contributed by atoms with E-state index >= 15 is 0 Å². The van der Waals surface area contributed by atoms with Crippen molar-refractivity contribution in [2.75, 3.05) is 0 Å². The Morgan fingerprint density at radius 2 is 2.20 bits per heavy atom. The summed E-state index contributed by atoms with van der Waals surface area (Å²) < 4.78 is 15.2. The zero-order valence-corrected chi connectivity index (χ0v) is 10.9. The smallest absolute Gasteiger partial charge is 0.305 e. The number of aliphatic hydroxyl groups is 1. The van der Waals surface area contributed by atoms with Crippen LogP contribution in [-0.4, -0.2) is 25.0 Å². The van der Waals surface area contributed by atoms with Crippen molar-refractivity contribution in [3.05, 3.63) is 51.6 Å². The van der Waals surface area contributed by atoms with E-state index in [9.17, 15) is 19.6 Å². The normalized spacial score (nSPS) is 11.6. The standard InChI is InChI=1S/C12H13FN4O3/c1-12(2,18)10-7-16(15-14-10)6-8-4-3-5-9(11(8)13)17(19)20/h3-5,7,18H,6H2,1-2H3. The van der Waals surface area contributed by atoms with Gasteiger partial charge in [-0.25, -0.2) is 4.68 Å². The SMILES string of the molecule is CC(C)(O)c1cn(Cc2cccc([N+](=O)[O-])c2F)nn1. The fraction of sp³-hybridized carbons (Fsp3) is 0.333. The molecule has 0 aliphatic rings. The van der Waals surface area contributed by atoms with Gasteiger partial charge in [-0.2, -0.15) is 4.39 Å². The lowest BCUT2D eigenvalue weighted by molar-refractivity contribution is -0.387. The Labute approximate surface area is 113 Å². The Morgan fingerprint density at radius 3 is 2.75 bits per heavy atom. The largest absolute Gasteiger partial charge is 0.384 e. The van der Waals surface area contributed by atoms with Gasteiger partial charge in [0.2, 0.25) is 5.82 Å². The number of rotatable bonds is 4. The van der Waals surface area contributed by atoms with Crippen molar-refractivity contribution in [1.29, 1.82) is 0 Å². The number of hydrogen-bond donors (Lipinski definition) is 1.